The first-order valence-electron chi connectivity index (χ1n) is 11.2. The lowest BCUT2D eigenvalue weighted by molar-refractivity contribution is -0.117. The number of alkyl carbamates (subject to hydrolysis) is 1. The molecule has 7 heteroatoms. The van der Waals surface area contributed by atoms with E-state index >= 15 is 0 Å². The number of ether oxygens (including phenoxy) is 1. The van der Waals surface area contributed by atoms with Gasteiger partial charge in [0.05, 0.1) is 11.3 Å². The van der Waals surface area contributed by atoms with Crippen LogP contribution in [0.4, 0.5) is 10.5 Å². The molecule has 7 nitrogen and oxygen atoms in total. The molecule has 3 N–H and O–H groups in total. The van der Waals surface area contributed by atoms with E-state index in [1.165, 1.54) is 13.0 Å². The number of amides is 2. The Hall–Kier alpha value is -4.13. The van der Waals surface area contributed by atoms with Crippen LogP contribution in [0.3, 0.4) is 0 Å². The van der Waals surface area contributed by atoms with Gasteiger partial charge in [-0.25, -0.2) is 9.59 Å². The number of hydrogen-bond acceptors (Lipinski definition) is 4. The number of carbonyl (C=O) groups is 3. The minimum atomic E-state index is -1.14. The van der Waals surface area contributed by atoms with E-state index in [4.69, 9.17) is 4.74 Å². The molecule has 0 spiro atoms. The molecule has 0 aliphatic heterocycles. The predicted octanol–water partition coefficient (Wildman–Crippen LogP) is 4.81. The van der Waals surface area contributed by atoms with Crippen molar-refractivity contribution in [2.45, 2.75) is 32.2 Å². The van der Waals surface area contributed by atoms with Gasteiger partial charge in [0.2, 0.25) is 5.91 Å². The van der Waals surface area contributed by atoms with Crippen molar-refractivity contribution in [3.8, 4) is 11.1 Å². The standard InChI is InChI=1S/C27H26N2O5/c1-3-17-12-13-24(22(14-17)26(31)32)29-25(30)16(2)28-27(33)34-15-23-20-10-6-4-8-18(20)19-9-5-7-11-21(19)23/h4-14,16,23H,3,15H2,1-2H3,(H,28,33)(H,29,30)(H,31,32)/t16-/m0/s1. The highest BCUT2D eigenvalue weighted by Gasteiger charge is 2.29. The highest BCUT2D eigenvalue weighted by atomic mass is 16.5. The quantitative estimate of drug-likeness (QED) is 0.471. The molecule has 0 unspecified atom stereocenters. The summed E-state index contributed by atoms with van der Waals surface area (Å²) in [5.41, 5.74) is 5.47. The molecule has 34 heavy (non-hydrogen) atoms. The van der Waals surface area contributed by atoms with Crippen LogP contribution in [0.25, 0.3) is 11.1 Å². The number of benzene rings is 3. The Morgan fingerprint density at radius 2 is 1.59 bits per heavy atom. The average molecular weight is 459 g/mol. The highest BCUT2D eigenvalue weighted by molar-refractivity contribution is 6.02. The lowest BCUT2D eigenvalue weighted by Crippen LogP contribution is -2.42. The number of carboxylic acids is 1. The summed E-state index contributed by atoms with van der Waals surface area (Å²) in [4.78, 5) is 36.6. The van der Waals surface area contributed by atoms with Gasteiger partial charge in [-0.1, -0.05) is 61.5 Å². The number of nitrogens with one attached hydrogen (secondary N) is 2. The maximum atomic E-state index is 12.6. The van der Waals surface area contributed by atoms with Crippen LogP contribution in [0, 0.1) is 0 Å². The smallest absolute Gasteiger partial charge is 0.407 e. The van der Waals surface area contributed by atoms with Crippen molar-refractivity contribution >= 4 is 23.7 Å². The third-order valence-corrected chi connectivity index (χ3v) is 6.05. The van der Waals surface area contributed by atoms with Gasteiger partial charge in [-0.3, -0.25) is 4.79 Å². The Kier molecular flexibility index (Phi) is 6.63. The van der Waals surface area contributed by atoms with Crippen molar-refractivity contribution in [2.24, 2.45) is 0 Å². The number of aryl methyl sites for hydroxylation is 1. The molecule has 0 heterocycles. The van der Waals surface area contributed by atoms with Gasteiger partial charge in [0.25, 0.3) is 0 Å². The molecular formula is C27H26N2O5. The second-order valence-corrected chi connectivity index (χ2v) is 8.22. The van der Waals surface area contributed by atoms with Gasteiger partial charge in [0.1, 0.15) is 12.6 Å². The Bertz CT molecular complexity index is 1210. The normalized spacial score (nSPS) is 12.9. The van der Waals surface area contributed by atoms with E-state index in [9.17, 15) is 19.5 Å². The maximum absolute atomic E-state index is 12.6. The highest BCUT2D eigenvalue weighted by Crippen LogP contribution is 2.44. The van der Waals surface area contributed by atoms with Crippen LogP contribution < -0.4 is 10.6 Å². The van der Waals surface area contributed by atoms with E-state index in [1.54, 1.807) is 12.1 Å². The van der Waals surface area contributed by atoms with E-state index in [-0.39, 0.29) is 23.8 Å². The molecule has 0 saturated heterocycles. The molecule has 1 aliphatic carbocycles. The zero-order valence-electron chi connectivity index (χ0n) is 19.0. The van der Waals surface area contributed by atoms with Crippen LogP contribution in [0.1, 0.15) is 46.8 Å². The maximum Gasteiger partial charge on any atom is 0.407 e. The third kappa shape index (κ3) is 4.64. The number of aromatic carboxylic acids is 1. The fraction of sp³-hybridized carbons (Fsp3) is 0.222. The van der Waals surface area contributed by atoms with Crippen LogP contribution in [0.15, 0.2) is 66.7 Å². The molecule has 0 saturated carbocycles. The van der Waals surface area contributed by atoms with Gasteiger partial charge in [-0.2, -0.15) is 0 Å². The Morgan fingerprint density at radius 3 is 2.18 bits per heavy atom. The van der Waals surface area contributed by atoms with Crippen LogP contribution in [0.5, 0.6) is 0 Å². The lowest BCUT2D eigenvalue weighted by atomic mass is 9.98. The molecule has 0 aromatic heterocycles. The fourth-order valence-corrected chi connectivity index (χ4v) is 4.22. The van der Waals surface area contributed by atoms with Crippen molar-refractivity contribution in [3.63, 3.8) is 0 Å². The van der Waals surface area contributed by atoms with Gasteiger partial charge in [0, 0.05) is 5.92 Å². The SMILES string of the molecule is CCc1ccc(NC(=O)[C@H](C)NC(=O)OCC2c3ccccc3-c3ccccc32)c(C(=O)O)c1. The molecule has 3 aromatic rings. The lowest BCUT2D eigenvalue weighted by Gasteiger charge is -2.18. The van der Waals surface area contributed by atoms with Gasteiger partial charge < -0.3 is 20.5 Å². The van der Waals surface area contributed by atoms with Crippen molar-refractivity contribution in [1.29, 1.82) is 0 Å². The van der Waals surface area contributed by atoms with Gasteiger partial charge >= 0.3 is 12.1 Å². The molecule has 3 aromatic carbocycles. The molecule has 0 bridgehead atoms. The molecule has 1 aliphatic rings. The molecule has 2 amide bonds. The monoisotopic (exact) mass is 458 g/mol. The molecular weight excluding hydrogens is 432 g/mol. The summed E-state index contributed by atoms with van der Waals surface area (Å²) in [6.45, 7) is 3.56. The predicted molar refractivity (Wildman–Crippen MR) is 129 cm³/mol. The van der Waals surface area contributed by atoms with Crippen molar-refractivity contribution < 1.29 is 24.2 Å². The molecule has 174 valence electrons. The van der Waals surface area contributed by atoms with E-state index in [1.807, 2.05) is 43.3 Å². The fourth-order valence-electron chi connectivity index (χ4n) is 4.22. The Balaban J connectivity index is 1.38. The number of fused-ring (bicyclic) bond motifs is 3. The number of carboxylic acid groups (broad SMARTS) is 1. The Labute approximate surface area is 197 Å². The molecule has 0 radical (unpaired) electrons. The number of carbonyl (C=O) groups excluding carboxylic acids is 2. The summed E-state index contributed by atoms with van der Waals surface area (Å²) in [6.07, 6.45) is -0.0434. The Morgan fingerprint density at radius 1 is 0.971 bits per heavy atom. The number of anilines is 1. The second-order valence-electron chi connectivity index (χ2n) is 8.22. The summed E-state index contributed by atoms with van der Waals surface area (Å²) in [7, 11) is 0. The number of hydrogen-bond donors (Lipinski definition) is 3. The second kappa shape index (κ2) is 9.79. The average Bonchev–Trinajstić information content (AvgIpc) is 3.16. The zero-order chi connectivity index (χ0) is 24.2. The van der Waals surface area contributed by atoms with Crippen LogP contribution >= 0.6 is 0 Å². The topological polar surface area (TPSA) is 105 Å². The first kappa shape index (κ1) is 23.0. The summed E-state index contributed by atoms with van der Waals surface area (Å²) in [5.74, 6) is -1.76. The van der Waals surface area contributed by atoms with Crippen molar-refractivity contribution in [1.82, 2.24) is 5.32 Å². The first-order valence-corrected chi connectivity index (χ1v) is 11.2. The van der Waals surface area contributed by atoms with Crippen LogP contribution in [-0.2, 0) is 16.0 Å². The van der Waals surface area contributed by atoms with Crippen LogP contribution in [0.2, 0.25) is 0 Å². The van der Waals surface area contributed by atoms with E-state index in [0.29, 0.717) is 6.42 Å². The van der Waals surface area contributed by atoms with Crippen molar-refractivity contribution in [2.75, 3.05) is 11.9 Å². The number of rotatable bonds is 7. The van der Waals surface area contributed by atoms with E-state index in [0.717, 1.165) is 27.8 Å². The zero-order valence-corrected chi connectivity index (χ0v) is 19.0. The van der Waals surface area contributed by atoms with Gasteiger partial charge in [-0.15, -0.1) is 0 Å². The first-order chi connectivity index (χ1) is 16.4. The molecule has 0 fully saturated rings. The third-order valence-electron chi connectivity index (χ3n) is 6.05. The van der Waals surface area contributed by atoms with Gasteiger partial charge in [-0.05, 0) is 53.3 Å². The summed E-state index contributed by atoms with van der Waals surface area (Å²) in [6, 6.07) is 20.0. The summed E-state index contributed by atoms with van der Waals surface area (Å²) >= 11 is 0. The summed E-state index contributed by atoms with van der Waals surface area (Å²) < 4.78 is 5.48. The van der Waals surface area contributed by atoms with E-state index in [2.05, 4.69) is 22.8 Å². The van der Waals surface area contributed by atoms with E-state index < -0.39 is 24.0 Å². The largest absolute Gasteiger partial charge is 0.478 e. The minimum absolute atomic E-state index is 0.000963. The minimum Gasteiger partial charge on any atom is -0.478 e. The molecule has 1 atom stereocenters. The van der Waals surface area contributed by atoms with Gasteiger partial charge in [0.15, 0.2) is 0 Å². The molecule has 4 rings (SSSR count). The van der Waals surface area contributed by atoms with Crippen LogP contribution in [-0.4, -0.2) is 35.7 Å². The van der Waals surface area contributed by atoms with Crippen molar-refractivity contribution in [3.05, 3.63) is 89.0 Å². The summed E-state index contributed by atoms with van der Waals surface area (Å²) in [5, 5.41) is 14.6.